The first kappa shape index (κ1) is 19.6. The van der Waals surface area contributed by atoms with Crippen molar-refractivity contribution in [2.24, 2.45) is 0 Å². The van der Waals surface area contributed by atoms with Crippen LogP contribution in [-0.4, -0.2) is 9.97 Å². The molecule has 5 heteroatoms. The second kappa shape index (κ2) is 8.78. The van der Waals surface area contributed by atoms with Gasteiger partial charge in [0, 0.05) is 36.1 Å². The van der Waals surface area contributed by atoms with Gasteiger partial charge in [0.25, 0.3) is 5.56 Å². The number of hydrogen-bond donors (Lipinski definition) is 2. The van der Waals surface area contributed by atoms with Gasteiger partial charge in [0.2, 0.25) is 0 Å². The average Bonchev–Trinajstić information content (AvgIpc) is 2.84. The fourth-order valence-electron chi connectivity index (χ4n) is 3.61. The molecule has 5 rings (SSSR count). The first-order valence-electron chi connectivity index (χ1n) is 10.4. The van der Waals surface area contributed by atoms with Crippen LogP contribution in [0.5, 0.6) is 11.5 Å². The number of anilines is 1. The maximum Gasteiger partial charge on any atom is 0.252 e. The highest BCUT2D eigenvalue weighted by Gasteiger charge is 2.07. The van der Waals surface area contributed by atoms with Gasteiger partial charge in [-0.2, -0.15) is 0 Å². The molecule has 0 unspecified atom stereocenters. The maximum atomic E-state index is 12.0. The van der Waals surface area contributed by atoms with E-state index in [2.05, 4.69) is 39.6 Å². The van der Waals surface area contributed by atoms with Crippen molar-refractivity contribution in [2.45, 2.75) is 6.54 Å². The predicted molar refractivity (Wildman–Crippen MR) is 128 cm³/mol. The first-order chi connectivity index (χ1) is 15.7. The molecule has 2 N–H and O–H groups in total. The molecule has 0 fully saturated rings. The van der Waals surface area contributed by atoms with Crippen molar-refractivity contribution in [1.29, 1.82) is 0 Å². The zero-order valence-electron chi connectivity index (χ0n) is 17.3. The van der Waals surface area contributed by atoms with E-state index < -0.39 is 0 Å². The van der Waals surface area contributed by atoms with E-state index in [-0.39, 0.29) is 5.56 Å². The van der Waals surface area contributed by atoms with Crippen molar-refractivity contribution in [3.05, 3.63) is 119 Å². The maximum absolute atomic E-state index is 12.0. The minimum atomic E-state index is -0.190. The Kier molecular flexibility index (Phi) is 5.37. The molecule has 3 aromatic carbocycles. The molecule has 0 aliphatic rings. The van der Waals surface area contributed by atoms with Crippen molar-refractivity contribution in [3.63, 3.8) is 0 Å². The lowest BCUT2D eigenvalue weighted by Crippen LogP contribution is -2.04. The fourth-order valence-corrected chi connectivity index (χ4v) is 3.61. The van der Waals surface area contributed by atoms with E-state index in [1.54, 1.807) is 12.4 Å². The van der Waals surface area contributed by atoms with Gasteiger partial charge in [-0.1, -0.05) is 36.4 Å². The zero-order valence-corrected chi connectivity index (χ0v) is 17.3. The van der Waals surface area contributed by atoms with Crippen LogP contribution in [0.2, 0.25) is 0 Å². The van der Waals surface area contributed by atoms with Crippen LogP contribution in [-0.2, 0) is 6.54 Å². The van der Waals surface area contributed by atoms with Crippen LogP contribution in [0.3, 0.4) is 0 Å². The summed E-state index contributed by atoms with van der Waals surface area (Å²) in [6, 6.07) is 29.2. The smallest absolute Gasteiger partial charge is 0.252 e. The van der Waals surface area contributed by atoms with Crippen LogP contribution >= 0.6 is 0 Å². The van der Waals surface area contributed by atoms with Gasteiger partial charge in [-0.15, -0.1) is 0 Å². The summed E-state index contributed by atoms with van der Waals surface area (Å²) in [7, 11) is 0. The van der Waals surface area contributed by atoms with Crippen LogP contribution in [0.1, 0.15) is 5.56 Å². The number of aromatic nitrogens is 2. The molecule has 2 heterocycles. The summed E-state index contributed by atoms with van der Waals surface area (Å²) in [5.41, 5.74) is 4.91. The normalized spacial score (nSPS) is 10.8. The second-order valence-electron chi connectivity index (χ2n) is 7.46. The quantitative estimate of drug-likeness (QED) is 0.354. The molecule has 0 saturated carbocycles. The Balaban J connectivity index is 1.35. The number of para-hydroxylation sites is 1. The Bertz CT molecular complexity index is 1410. The Morgan fingerprint density at radius 2 is 1.62 bits per heavy atom. The minimum Gasteiger partial charge on any atom is -0.456 e. The average molecular weight is 419 g/mol. The van der Waals surface area contributed by atoms with Gasteiger partial charge >= 0.3 is 0 Å². The lowest BCUT2D eigenvalue weighted by atomic mass is 10.1. The van der Waals surface area contributed by atoms with Gasteiger partial charge in [-0.25, -0.2) is 0 Å². The third-order valence-electron chi connectivity index (χ3n) is 5.24. The standard InChI is InChI=1S/C27H21N3O2/c31-27-17-26(24-6-1-2-7-25(24)30-27)32-23-5-3-4-21(16-23)20-8-10-22(11-9-20)29-18-19-12-14-28-15-13-19/h1-17,29H,18H2,(H,30,31). The molecule has 0 bridgehead atoms. The third kappa shape index (κ3) is 4.37. The van der Waals surface area contributed by atoms with E-state index in [4.69, 9.17) is 4.74 Å². The number of H-pyrrole nitrogens is 1. The molecule has 5 aromatic rings. The molecular formula is C27H21N3O2. The summed E-state index contributed by atoms with van der Waals surface area (Å²) in [6.07, 6.45) is 3.59. The van der Waals surface area contributed by atoms with Gasteiger partial charge in [0.05, 0.1) is 5.52 Å². The topological polar surface area (TPSA) is 67.0 Å². The van der Waals surface area contributed by atoms with E-state index in [9.17, 15) is 4.79 Å². The van der Waals surface area contributed by atoms with Crippen LogP contribution in [0.25, 0.3) is 22.0 Å². The molecule has 0 radical (unpaired) electrons. The first-order valence-corrected chi connectivity index (χ1v) is 10.4. The van der Waals surface area contributed by atoms with Gasteiger partial charge < -0.3 is 15.0 Å². The number of nitrogens with one attached hydrogen (secondary N) is 2. The van der Waals surface area contributed by atoms with Gasteiger partial charge in [-0.3, -0.25) is 9.78 Å². The summed E-state index contributed by atoms with van der Waals surface area (Å²) < 4.78 is 6.11. The highest BCUT2D eigenvalue weighted by Crippen LogP contribution is 2.31. The number of rotatable bonds is 6. The van der Waals surface area contributed by atoms with E-state index >= 15 is 0 Å². The Morgan fingerprint density at radius 3 is 2.47 bits per heavy atom. The van der Waals surface area contributed by atoms with Crippen LogP contribution in [0.4, 0.5) is 5.69 Å². The van der Waals surface area contributed by atoms with Crippen LogP contribution in [0.15, 0.2) is 108 Å². The number of hydrogen-bond acceptors (Lipinski definition) is 4. The molecule has 0 amide bonds. The summed E-state index contributed by atoms with van der Waals surface area (Å²) in [5.74, 6) is 1.22. The number of nitrogens with zero attached hydrogens (tertiary/aromatic N) is 1. The van der Waals surface area contributed by atoms with Gasteiger partial charge in [0.1, 0.15) is 11.5 Å². The predicted octanol–water partition coefficient (Wildman–Crippen LogP) is 5.99. The van der Waals surface area contributed by atoms with Crippen molar-refractivity contribution in [3.8, 4) is 22.6 Å². The van der Waals surface area contributed by atoms with E-state index in [0.29, 0.717) is 11.5 Å². The molecule has 32 heavy (non-hydrogen) atoms. The molecule has 2 aromatic heterocycles. The van der Waals surface area contributed by atoms with E-state index in [1.807, 2.05) is 60.7 Å². The third-order valence-corrected chi connectivity index (χ3v) is 5.24. The molecule has 0 aliphatic carbocycles. The summed E-state index contributed by atoms with van der Waals surface area (Å²) >= 11 is 0. The molecule has 0 saturated heterocycles. The van der Waals surface area contributed by atoms with Crippen LogP contribution in [0, 0.1) is 0 Å². The number of benzene rings is 3. The van der Waals surface area contributed by atoms with E-state index in [0.717, 1.165) is 34.3 Å². The molecular weight excluding hydrogens is 398 g/mol. The second-order valence-corrected chi connectivity index (χ2v) is 7.46. The number of pyridine rings is 2. The minimum absolute atomic E-state index is 0.190. The van der Waals surface area contributed by atoms with Gasteiger partial charge in [-0.05, 0) is 65.2 Å². The largest absolute Gasteiger partial charge is 0.456 e. The number of fused-ring (bicyclic) bond motifs is 1. The highest BCUT2D eigenvalue weighted by molar-refractivity contribution is 5.85. The van der Waals surface area contributed by atoms with Gasteiger partial charge in [0.15, 0.2) is 0 Å². The number of aromatic amines is 1. The summed E-state index contributed by atoms with van der Waals surface area (Å²) in [5, 5.41) is 4.28. The lowest BCUT2D eigenvalue weighted by molar-refractivity contribution is 0.487. The SMILES string of the molecule is O=c1cc(Oc2cccc(-c3ccc(NCc4ccncc4)cc3)c2)c2ccccc2[nH]1. The van der Waals surface area contributed by atoms with E-state index in [1.165, 1.54) is 11.6 Å². The summed E-state index contributed by atoms with van der Waals surface area (Å²) in [6.45, 7) is 0.745. The Labute approximate surface area is 185 Å². The lowest BCUT2D eigenvalue weighted by Gasteiger charge is -2.11. The fraction of sp³-hybridized carbons (Fsp3) is 0.0370. The Hall–Kier alpha value is -4.38. The molecule has 156 valence electrons. The molecule has 0 aliphatic heterocycles. The summed E-state index contributed by atoms with van der Waals surface area (Å²) in [4.78, 5) is 18.9. The Morgan fingerprint density at radius 1 is 0.812 bits per heavy atom. The van der Waals surface area contributed by atoms with Crippen molar-refractivity contribution in [2.75, 3.05) is 5.32 Å². The van der Waals surface area contributed by atoms with Crippen LogP contribution < -0.4 is 15.6 Å². The monoisotopic (exact) mass is 419 g/mol. The van der Waals surface area contributed by atoms with Crippen molar-refractivity contribution in [1.82, 2.24) is 9.97 Å². The highest BCUT2D eigenvalue weighted by atomic mass is 16.5. The molecule has 0 spiro atoms. The molecule has 5 nitrogen and oxygen atoms in total. The van der Waals surface area contributed by atoms with Crippen molar-refractivity contribution < 1.29 is 4.74 Å². The zero-order chi connectivity index (χ0) is 21.8. The molecule has 0 atom stereocenters. The van der Waals surface area contributed by atoms with Crippen molar-refractivity contribution >= 4 is 16.6 Å². The number of ether oxygens (including phenoxy) is 1.